The SMILES string of the molecule is CC(C=O)=CCC[C@@H](C)[C@H]1CC[C@@]2(C)[C@@H]3CC=C4[C@@H](CC[C@H](O[C@@H]5O[C@H](CO)[C@@H](O)[C@H](O)[C@H]5O)C4(C)C)[C@]3(C)C(=O)C[C@]12C. The lowest BCUT2D eigenvalue weighted by molar-refractivity contribution is -0.319. The highest BCUT2D eigenvalue weighted by Gasteiger charge is 2.70. The van der Waals surface area contributed by atoms with Crippen molar-refractivity contribution < 1.29 is 39.5 Å². The normalized spacial score (nSPS) is 47.7. The van der Waals surface area contributed by atoms with E-state index in [-0.39, 0.29) is 28.8 Å². The van der Waals surface area contributed by atoms with Crippen molar-refractivity contribution in [2.75, 3.05) is 6.61 Å². The molecule has 8 nitrogen and oxygen atoms in total. The number of allylic oxidation sites excluding steroid dienone is 3. The molecular weight excluding hydrogens is 560 g/mol. The number of ketones is 1. The highest BCUT2D eigenvalue weighted by atomic mass is 16.7. The molecule has 0 amide bonds. The van der Waals surface area contributed by atoms with Crippen molar-refractivity contribution in [3.63, 3.8) is 0 Å². The summed E-state index contributed by atoms with van der Waals surface area (Å²) in [6.45, 7) is 15.1. The second-order valence-electron chi connectivity index (χ2n) is 16.1. The third-order valence-corrected chi connectivity index (χ3v) is 13.8. The van der Waals surface area contributed by atoms with Crippen molar-refractivity contribution in [3.8, 4) is 0 Å². The van der Waals surface area contributed by atoms with E-state index in [0.717, 1.165) is 50.4 Å². The molecule has 0 unspecified atom stereocenters. The first-order valence-electron chi connectivity index (χ1n) is 16.9. The van der Waals surface area contributed by atoms with Gasteiger partial charge in [-0.1, -0.05) is 59.3 Å². The second-order valence-corrected chi connectivity index (χ2v) is 16.1. The molecule has 0 aromatic heterocycles. The fraction of sp³-hybridized carbons (Fsp3) is 0.833. The first kappa shape index (κ1) is 33.9. The number of Topliss-reactive ketones (excluding diaryl/α,β-unsaturated/α-hetero) is 1. The molecule has 1 saturated heterocycles. The molecule has 4 fully saturated rings. The van der Waals surface area contributed by atoms with Gasteiger partial charge in [-0.3, -0.25) is 9.59 Å². The number of rotatable bonds is 8. The Labute approximate surface area is 263 Å². The summed E-state index contributed by atoms with van der Waals surface area (Å²) in [6.07, 6.45) is 5.52. The first-order valence-corrected chi connectivity index (χ1v) is 16.9. The van der Waals surface area contributed by atoms with E-state index in [1.807, 2.05) is 13.0 Å². The minimum atomic E-state index is -1.48. The summed E-state index contributed by atoms with van der Waals surface area (Å²) in [7, 11) is 0. The number of carbonyl (C=O) groups excluding carboxylic acids is 2. The molecule has 0 aromatic rings. The maximum absolute atomic E-state index is 14.6. The van der Waals surface area contributed by atoms with Gasteiger partial charge in [-0.25, -0.2) is 0 Å². The van der Waals surface area contributed by atoms with Gasteiger partial charge in [0.2, 0.25) is 0 Å². The molecular formula is C36H56O8. The van der Waals surface area contributed by atoms with E-state index >= 15 is 0 Å². The van der Waals surface area contributed by atoms with Crippen LogP contribution in [-0.2, 0) is 19.1 Å². The zero-order valence-electron chi connectivity index (χ0n) is 27.8. The molecule has 0 bridgehead atoms. The lowest BCUT2D eigenvalue weighted by Crippen LogP contribution is -2.64. The predicted molar refractivity (Wildman–Crippen MR) is 166 cm³/mol. The summed E-state index contributed by atoms with van der Waals surface area (Å²) in [5.41, 5.74) is 1.08. The molecule has 248 valence electrons. The van der Waals surface area contributed by atoms with Gasteiger partial charge in [0.25, 0.3) is 0 Å². The summed E-state index contributed by atoms with van der Waals surface area (Å²) in [5, 5.41) is 40.8. The Morgan fingerprint density at radius 2 is 1.77 bits per heavy atom. The van der Waals surface area contributed by atoms with Crippen LogP contribution in [0.5, 0.6) is 0 Å². The maximum atomic E-state index is 14.6. The van der Waals surface area contributed by atoms with E-state index in [1.165, 1.54) is 5.57 Å². The third-order valence-electron chi connectivity index (χ3n) is 13.8. The van der Waals surface area contributed by atoms with Crippen LogP contribution in [0.1, 0.15) is 99.8 Å². The fourth-order valence-electron chi connectivity index (χ4n) is 10.8. The fourth-order valence-corrected chi connectivity index (χ4v) is 10.8. The lowest BCUT2D eigenvalue weighted by Gasteiger charge is -2.65. The Morgan fingerprint density at radius 3 is 2.43 bits per heavy atom. The quantitative estimate of drug-likeness (QED) is 0.178. The van der Waals surface area contributed by atoms with Crippen molar-refractivity contribution in [1.82, 2.24) is 0 Å². The van der Waals surface area contributed by atoms with Gasteiger partial charge in [-0.2, -0.15) is 0 Å². The average molecular weight is 617 g/mol. The standard InChI is InChI=1S/C36H56O8/c1-20(18-37)9-8-10-21(2)22-15-16-34(5)26-13-11-23-24(36(26,7)27(39)17-35(22,34)6)12-14-28(33(23,3)4)44-32-31(42)30(41)29(40)25(19-38)43-32/h9,11,18,21-22,24-26,28-32,38,40-42H,8,10,12-17,19H2,1-7H3/t21-,22-,24-,25-,26+,28+,29-,30+,31-,32+,34+,35-,36+/m1/s1. The van der Waals surface area contributed by atoms with Crippen molar-refractivity contribution in [2.45, 2.75) is 137 Å². The number of aliphatic hydroxyl groups excluding tert-OH is 4. The smallest absolute Gasteiger partial charge is 0.187 e. The van der Waals surface area contributed by atoms with E-state index in [1.54, 1.807) is 0 Å². The molecule has 44 heavy (non-hydrogen) atoms. The van der Waals surface area contributed by atoms with Gasteiger partial charge in [0, 0.05) is 17.3 Å². The number of hydrogen-bond donors (Lipinski definition) is 4. The Hall–Kier alpha value is -1.42. The Balaban J connectivity index is 1.38. The van der Waals surface area contributed by atoms with Gasteiger partial charge in [0.1, 0.15) is 36.5 Å². The van der Waals surface area contributed by atoms with Crippen LogP contribution < -0.4 is 0 Å². The molecule has 4 N–H and O–H groups in total. The van der Waals surface area contributed by atoms with Gasteiger partial charge in [-0.15, -0.1) is 0 Å². The van der Waals surface area contributed by atoms with E-state index in [9.17, 15) is 30.0 Å². The van der Waals surface area contributed by atoms with Crippen LogP contribution in [0.25, 0.3) is 0 Å². The van der Waals surface area contributed by atoms with Crippen LogP contribution >= 0.6 is 0 Å². The van der Waals surface area contributed by atoms with Crippen molar-refractivity contribution >= 4 is 12.1 Å². The van der Waals surface area contributed by atoms with E-state index in [4.69, 9.17) is 9.47 Å². The number of aliphatic hydroxyl groups is 4. The summed E-state index contributed by atoms with van der Waals surface area (Å²) < 4.78 is 12.1. The number of carbonyl (C=O) groups is 2. The van der Waals surface area contributed by atoms with Crippen molar-refractivity contribution in [1.29, 1.82) is 0 Å². The van der Waals surface area contributed by atoms with Crippen molar-refractivity contribution in [2.24, 2.45) is 45.3 Å². The van der Waals surface area contributed by atoms with Crippen LogP contribution in [0.3, 0.4) is 0 Å². The molecule has 0 aromatic carbocycles. The molecule has 5 rings (SSSR count). The Morgan fingerprint density at radius 1 is 1.07 bits per heavy atom. The molecule has 0 radical (unpaired) electrons. The largest absolute Gasteiger partial charge is 0.394 e. The maximum Gasteiger partial charge on any atom is 0.187 e. The van der Waals surface area contributed by atoms with Crippen LogP contribution in [-0.4, -0.2) is 75.9 Å². The van der Waals surface area contributed by atoms with Crippen LogP contribution in [0, 0.1) is 45.3 Å². The molecule has 13 atom stereocenters. The van der Waals surface area contributed by atoms with Crippen LogP contribution in [0.2, 0.25) is 0 Å². The first-order chi connectivity index (χ1) is 20.6. The van der Waals surface area contributed by atoms with Gasteiger partial charge in [0.05, 0.1) is 12.7 Å². The zero-order valence-corrected chi connectivity index (χ0v) is 27.8. The summed E-state index contributed by atoms with van der Waals surface area (Å²) in [4.78, 5) is 25.6. The van der Waals surface area contributed by atoms with E-state index in [2.05, 4.69) is 47.6 Å². The molecule has 4 aliphatic carbocycles. The predicted octanol–water partition coefficient (Wildman–Crippen LogP) is 4.52. The molecule has 5 aliphatic rings. The minimum absolute atomic E-state index is 0.0407. The molecule has 1 aliphatic heterocycles. The van der Waals surface area contributed by atoms with E-state index in [0.29, 0.717) is 30.5 Å². The Kier molecular flexibility index (Phi) is 9.24. The number of fused-ring (bicyclic) bond motifs is 5. The second kappa shape index (κ2) is 12.0. The van der Waals surface area contributed by atoms with Gasteiger partial charge < -0.3 is 29.9 Å². The summed E-state index contributed by atoms with van der Waals surface area (Å²) >= 11 is 0. The molecule has 0 spiro atoms. The average Bonchev–Trinajstić information content (AvgIpc) is 3.24. The number of aldehydes is 1. The third kappa shape index (κ3) is 5.02. The molecule has 8 heteroatoms. The van der Waals surface area contributed by atoms with Gasteiger partial charge in [0.15, 0.2) is 6.29 Å². The van der Waals surface area contributed by atoms with E-state index < -0.39 is 48.1 Å². The number of ether oxygens (including phenoxy) is 2. The zero-order chi connectivity index (χ0) is 32.4. The monoisotopic (exact) mass is 616 g/mol. The van der Waals surface area contributed by atoms with Gasteiger partial charge in [-0.05, 0) is 91.9 Å². The minimum Gasteiger partial charge on any atom is -0.394 e. The topological polar surface area (TPSA) is 134 Å². The molecule has 3 saturated carbocycles. The summed E-state index contributed by atoms with van der Waals surface area (Å²) in [5.74, 6) is 1.68. The molecule has 1 heterocycles. The Bertz CT molecular complexity index is 1170. The van der Waals surface area contributed by atoms with Crippen LogP contribution in [0.15, 0.2) is 23.3 Å². The summed E-state index contributed by atoms with van der Waals surface area (Å²) in [6, 6.07) is 0. The lowest BCUT2D eigenvalue weighted by atomic mass is 9.38. The highest BCUT2D eigenvalue weighted by Crippen LogP contribution is 2.74. The highest BCUT2D eigenvalue weighted by molar-refractivity contribution is 5.88. The number of hydrogen-bond acceptors (Lipinski definition) is 8. The van der Waals surface area contributed by atoms with Crippen LogP contribution in [0.4, 0.5) is 0 Å². The van der Waals surface area contributed by atoms with Gasteiger partial charge >= 0.3 is 0 Å². The van der Waals surface area contributed by atoms with Crippen molar-refractivity contribution in [3.05, 3.63) is 23.3 Å².